The van der Waals surface area contributed by atoms with Crippen molar-refractivity contribution in [1.29, 1.82) is 0 Å². The van der Waals surface area contributed by atoms with Crippen molar-refractivity contribution in [2.75, 3.05) is 5.32 Å². The third kappa shape index (κ3) is 5.07. The zero-order valence-electron chi connectivity index (χ0n) is 16.3. The number of carbonyl (C=O) groups excluding carboxylic acids is 1. The van der Waals surface area contributed by atoms with Gasteiger partial charge in [-0.25, -0.2) is 4.98 Å². The Bertz CT molecular complexity index is 1020. The van der Waals surface area contributed by atoms with E-state index in [0.29, 0.717) is 18.2 Å². The van der Waals surface area contributed by atoms with Crippen LogP contribution >= 0.6 is 0 Å². The molecule has 144 valence electrons. The maximum atomic E-state index is 12.5. The zero-order valence-corrected chi connectivity index (χ0v) is 16.3. The lowest BCUT2D eigenvalue weighted by Crippen LogP contribution is -2.33. The van der Waals surface area contributed by atoms with E-state index in [0.717, 1.165) is 22.4 Å². The maximum absolute atomic E-state index is 12.5. The van der Waals surface area contributed by atoms with Crippen molar-refractivity contribution in [3.05, 3.63) is 87.3 Å². The third-order valence-electron chi connectivity index (χ3n) is 4.25. The molecule has 0 aliphatic rings. The van der Waals surface area contributed by atoms with Gasteiger partial charge < -0.3 is 10.6 Å². The number of aryl methyl sites for hydroxylation is 3. The third-order valence-corrected chi connectivity index (χ3v) is 4.25. The number of amides is 1. The Morgan fingerprint density at radius 3 is 2.36 bits per heavy atom. The monoisotopic (exact) mass is 376 g/mol. The number of benzene rings is 2. The first-order valence-corrected chi connectivity index (χ1v) is 9.15. The number of nitrogens with one attached hydrogen (secondary N) is 2. The number of carbonyl (C=O) groups is 1. The molecule has 0 fully saturated rings. The van der Waals surface area contributed by atoms with Gasteiger partial charge in [-0.15, -0.1) is 0 Å². The molecule has 0 aliphatic carbocycles. The molecule has 3 rings (SSSR count). The molecule has 0 saturated heterocycles. The minimum Gasteiger partial charge on any atom is -0.350 e. The number of nitrogens with zero attached hydrogens (tertiary/aromatic N) is 2. The van der Waals surface area contributed by atoms with Crippen LogP contribution in [0.5, 0.6) is 0 Å². The number of aromatic nitrogens is 2. The molecule has 2 N–H and O–H groups in total. The molecule has 6 heteroatoms. The molecule has 28 heavy (non-hydrogen) atoms. The standard InChI is InChI=1S/C22H24N4O2/c1-15-9-16(2)11-19(10-15)25-22-24-17(3)12-21(28)26(22)14-20(27)23-13-18-7-5-4-6-8-18/h4-12H,13-14H2,1-3H3,(H,23,27)(H,24,25). The molecule has 0 atom stereocenters. The summed E-state index contributed by atoms with van der Waals surface area (Å²) in [5.41, 5.74) is 4.36. The van der Waals surface area contributed by atoms with Gasteiger partial charge in [0.15, 0.2) is 0 Å². The lowest BCUT2D eigenvalue weighted by Gasteiger charge is -2.15. The van der Waals surface area contributed by atoms with Gasteiger partial charge >= 0.3 is 0 Å². The fraction of sp³-hybridized carbons (Fsp3) is 0.227. The van der Waals surface area contributed by atoms with E-state index >= 15 is 0 Å². The summed E-state index contributed by atoms with van der Waals surface area (Å²) in [4.78, 5) is 29.3. The van der Waals surface area contributed by atoms with Crippen LogP contribution in [0.25, 0.3) is 0 Å². The van der Waals surface area contributed by atoms with Gasteiger partial charge in [0.05, 0.1) is 0 Å². The SMILES string of the molecule is Cc1cc(C)cc(Nc2nc(C)cc(=O)n2CC(=O)NCc2ccccc2)c1. The van der Waals surface area contributed by atoms with Crippen LogP contribution in [0.2, 0.25) is 0 Å². The van der Waals surface area contributed by atoms with Gasteiger partial charge in [0, 0.05) is 24.0 Å². The second-order valence-corrected chi connectivity index (χ2v) is 6.91. The van der Waals surface area contributed by atoms with E-state index in [-0.39, 0.29) is 18.0 Å². The number of hydrogen-bond donors (Lipinski definition) is 2. The van der Waals surface area contributed by atoms with Gasteiger partial charge in [-0.2, -0.15) is 0 Å². The van der Waals surface area contributed by atoms with Gasteiger partial charge in [0.2, 0.25) is 11.9 Å². The van der Waals surface area contributed by atoms with Crippen molar-refractivity contribution in [1.82, 2.24) is 14.9 Å². The Morgan fingerprint density at radius 2 is 1.68 bits per heavy atom. The zero-order chi connectivity index (χ0) is 20.1. The van der Waals surface area contributed by atoms with E-state index in [4.69, 9.17) is 0 Å². The van der Waals surface area contributed by atoms with Gasteiger partial charge in [-0.3, -0.25) is 14.2 Å². The molecular weight excluding hydrogens is 352 g/mol. The van der Waals surface area contributed by atoms with Gasteiger partial charge in [0.25, 0.3) is 5.56 Å². The summed E-state index contributed by atoms with van der Waals surface area (Å²) < 4.78 is 1.35. The summed E-state index contributed by atoms with van der Waals surface area (Å²) in [7, 11) is 0. The quantitative estimate of drug-likeness (QED) is 0.693. The maximum Gasteiger partial charge on any atom is 0.255 e. The van der Waals surface area contributed by atoms with Crippen LogP contribution in [-0.4, -0.2) is 15.5 Å². The van der Waals surface area contributed by atoms with E-state index in [9.17, 15) is 9.59 Å². The lowest BCUT2D eigenvalue weighted by atomic mass is 10.1. The van der Waals surface area contributed by atoms with E-state index < -0.39 is 0 Å². The summed E-state index contributed by atoms with van der Waals surface area (Å²) in [5.74, 6) is 0.102. The summed E-state index contributed by atoms with van der Waals surface area (Å²) in [6, 6.07) is 17.1. The van der Waals surface area contributed by atoms with Crippen LogP contribution in [0.15, 0.2) is 59.4 Å². The van der Waals surface area contributed by atoms with Crippen molar-refractivity contribution in [3.8, 4) is 0 Å². The molecule has 3 aromatic rings. The molecule has 1 aromatic heterocycles. The van der Waals surface area contributed by atoms with Crippen LogP contribution in [0.1, 0.15) is 22.4 Å². The highest BCUT2D eigenvalue weighted by Gasteiger charge is 2.12. The molecule has 2 aromatic carbocycles. The molecule has 1 heterocycles. The molecule has 1 amide bonds. The van der Waals surface area contributed by atoms with Crippen LogP contribution in [0, 0.1) is 20.8 Å². The van der Waals surface area contributed by atoms with Crippen molar-refractivity contribution in [2.45, 2.75) is 33.9 Å². The first-order valence-electron chi connectivity index (χ1n) is 9.15. The number of anilines is 2. The largest absolute Gasteiger partial charge is 0.350 e. The fourth-order valence-electron chi connectivity index (χ4n) is 3.04. The molecule has 0 aliphatic heterocycles. The molecule has 0 radical (unpaired) electrons. The predicted octanol–water partition coefficient (Wildman–Crippen LogP) is 3.23. The van der Waals surface area contributed by atoms with E-state index in [2.05, 4.69) is 21.7 Å². The van der Waals surface area contributed by atoms with Gasteiger partial charge in [-0.1, -0.05) is 36.4 Å². The van der Waals surface area contributed by atoms with Crippen LogP contribution in [0.4, 0.5) is 11.6 Å². The normalized spacial score (nSPS) is 10.5. The molecule has 0 spiro atoms. The predicted molar refractivity (Wildman–Crippen MR) is 111 cm³/mol. The Balaban J connectivity index is 1.80. The van der Waals surface area contributed by atoms with E-state index in [1.54, 1.807) is 6.92 Å². The minimum absolute atomic E-state index is 0.105. The second kappa shape index (κ2) is 8.52. The lowest BCUT2D eigenvalue weighted by molar-refractivity contribution is -0.121. The average Bonchev–Trinajstić information content (AvgIpc) is 2.63. The topological polar surface area (TPSA) is 76.0 Å². The van der Waals surface area contributed by atoms with Crippen LogP contribution in [0.3, 0.4) is 0 Å². The highest BCUT2D eigenvalue weighted by atomic mass is 16.2. The minimum atomic E-state index is -0.269. The highest BCUT2D eigenvalue weighted by Crippen LogP contribution is 2.18. The molecule has 0 unspecified atom stereocenters. The fourth-order valence-corrected chi connectivity index (χ4v) is 3.04. The summed E-state index contributed by atoms with van der Waals surface area (Å²) in [5, 5.41) is 6.03. The van der Waals surface area contributed by atoms with E-state index in [1.807, 2.05) is 56.3 Å². The Labute approximate surface area is 164 Å². The number of hydrogen-bond acceptors (Lipinski definition) is 4. The van der Waals surface area contributed by atoms with Crippen LogP contribution in [-0.2, 0) is 17.9 Å². The molecular formula is C22H24N4O2. The van der Waals surface area contributed by atoms with Crippen molar-refractivity contribution in [3.63, 3.8) is 0 Å². The summed E-state index contributed by atoms with van der Waals surface area (Å²) in [6.45, 7) is 6.07. The first-order chi connectivity index (χ1) is 13.4. The van der Waals surface area contributed by atoms with Crippen molar-refractivity contribution in [2.24, 2.45) is 0 Å². The summed E-state index contributed by atoms with van der Waals surface area (Å²) in [6.07, 6.45) is 0. The molecule has 6 nitrogen and oxygen atoms in total. The Hall–Kier alpha value is -3.41. The van der Waals surface area contributed by atoms with E-state index in [1.165, 1.54) is 10.6 Å². The number of rotatable bonds is 6. The van der Waals surface area contributed by atoms with Crippen molar-refractivity contribution >= 4 is 17.5 Å². The smallest absolute Gasteiger partial charge is 0.255 e. The Morgan fingerprint density at radius 1 is 1.00 bits per heavy atom. The van der Waals surface area contributed by atoms with Crippen molar-refractivity contribution < 1.29 is 4.79 Å². The Kier molecular flexibility index (Phi) is 5.89. The molecule has 0 saturated carbocycles. The molecule has 0 bridgehead atoms. The van der Waals surface area contributed by atoms with Gasteiger partial charge in [0.1, 0.15) is 6.54 Å². The summed E-state index contributed by atoms with van der Waals surface area (Å²) >= 11 is 0. The average molecular weight is 376 g/mol. The highest BCUT2D eigenvalue weighted by molar-refractivity contribution is 5.76. The van der Waals surface area contributed by atoms with Crippen LogP contribution < -0.4 is 16.2 Å². The second-order valence-electron chi connectivity index (χ2n) is 6.91. The van der Waals surface area contributed by atoms with Gasteiger partial charge in [-0.05, 0) is 49.6 Å². The first kappa shape index (κ1) is 19.4.